The zero-order chi connectivity index (χ0) is 15.9. The highest BCUT2D eigenvalue weighted by molar-refractivity contribution is 5.38. The molecule has 0 bridgehead atoms. The van der Waals surface area contributed by atoms with Crippen molar-refractivity contribution in [1.29, 1.82) is 0 Å². The highest BCUT2D eigenvalue weighted by Crippen LogP contribution is 2.52. The average Bonchev–Trinajstić information content (AvgIpc) is 3.25. The molecule has 23 heavy (non-hydrogen) atoms. The third kappa shape index (κ3) is 2.68. The standard InChI is InChI=1S/C18H23N3O2/c1-13(2)21-10-11-22-15(12-21)16-19-17(23-20-16)18(8-9-18)14-6-4-3-5-7-14/h3-7,13,15H,8-12H2,1-2H3/t15-/m1/s1. The molecular weight excluding hydrogens is 290 g/mol. The van der Waals surface area contributed by atoms with E-state index in [1.807, 2.05) is 6.07 Å². The summed E-state index contributed by atoms with van der Waals surface area (Å²) in [4.78, 5) is 7.11. The van der Waals surface area contributed by atoms with Crippen LogP contribution in [-0.2, 0) is 10.2 Å². The van der Waals surface area contributed by atoms with Crippen LogP contribution < -0.4 is 0 Å². The van der Waals surface area contributed by atoms with Crippen LogP contribution in [0.4, 0.5) is 0 Å². The molecule has 1 aliphatic heterocycles. The van der Waals surface area contributed by atoms with Crippen molar-refractivity contribution in [3.05, 3.63) is 47.6 Å². The first-order chi connectivity index (χ1) is 11.2. The number of ether oxygens (including phenoxy) is 1. The molecule has 2 fully saturated rings. The fourth-order valence-corrected chi connectivity index (χ4v) is 3.36. The van der Waals surface area contributed by atoms with Gasteiger partial charge < -0.3 is 9.26 Å². The minimum absolute atomic E-state index is 0.0705. The van der Waals surface area contributed by atoms with Crippen LogP contribution in [0.3, 0.4) is 0 Å². The number of nitrogens with zero attached hydrogens (tertiary/aromatic N) is 3. The van der Waals surface area contributed by atoms with Crippen molar-refractivity contribution >= 4 is 0 Å². The number of benzene rings is 1. The molecule has 0 unspecified atom stereocenters. The van der Waals surface area contributed by atoms with Crippen molar-refractivity contribution in [1.82, 2.24) is 15.0 Å². The largest absolute Gasteiger partial charge is 0.367 e. The first-order valence-corrected chi connectivity index (χ1v) is 8.44. The van der Waals surface area contributed by atoms with E-state index in [-0.39, 0.29) is 11.5 Å². The number of hydrogen-bond acceptors (Lipinski definition) is 5. The maximum atomic E-state index is 5.87. The van der Waals surface area contributed by atoms with Gasteiger partial charge in [-0.2, -0.15) is 4.98 Å². The van der Waals surface area contributed by atoms with E-state index < -0.39 is 0 Å². The summed E-state index contributed by atoms with van der Waals surface area (Å²) in [6, 6.07) is 11.0. The molecule has 1 aromatic heterocycles. The zero-order valence-corrected chi connectivity index (χ0v) is 13.7. The molecule has 0 radical (unpaired) electrons. The van der Waals surface area contributed by atoms with Gasteiger partial charge in [0.2, 0.25) is 11.7 Å². The molecule has 0 amide bonds. The predicted molar refractivity (Wildman–Crippen MR) is 86.2 cm³/mol. The van der Waals surface area contributed by atoms with Gasteiger partial charge in [0.15, 0.2) is 0 Å². The molecule has 2 aliphatic rings. The van der Waals surface area contributed by atoms with E-state index in [0.29, 0.717) is 11.9 Å². The Bertz CT molecular complexity index is 664. The van der Waals surface area contributed by atoms with E-state index in [2.05, 4.69) is 48.2 Å². The van der Waals surface area contributed by atoms with Crippen molar-refractivity contribution in [2.75, 3.05) is 19.7 Å². The number of morpholine rings is 1. The van der Waals surface area contributed by atoms with Crippen LogP contribution >= 0.6 is 0 Å². The molecule has 1 saturated carbocycles. The lowest BCUT2D eigenvalue weighted by Crippen LogP contribution is -2.42. The lowest BCUT2D eigenvalue weighted by atomic mass is 9.96. The molecule has 0 spiro atoms. The van der Waals surface area contributed by atoms with E-state index in [0.717, 1.165) is 38.4 Å². The Hall–Kier alpha value is -1.72. The van der Waals surface area contributed by atoms with Crippen molar-refractivity contribution in [3.8, 4) is 0 Å². The van der Waals surface area contributed by atoms with E-state index in [4.69, 9.17) is 14.2 Å². The maximum absolute atomic E-state index is 5.87. The summed E-state index contributed by atoms with van der Waals surface area (Å²) >= 11 is 0. The Balaban J connectivity index is 1.56. The number of rotatable bonds is 4. The van der Waals surface area contributed by atoms with Crippen molar-refractivity contribution in [3.63, 3.8) is 0 Å². The van der Waals surface area contributed by atoms with Crippen molar-refractivity contribution in [2.45, 2.75) is 44.2 Å². The Morgan fingerprint density at radius 2 is 2.00 bits per heavy atom. The maximum Gasteiger partial charge on any atom is 0.237 e. The molecule has 1 aliphatic carbocycles. The summed E-state index contributed by atoms with van der Waals surface area (Å²) in [6.07, 6.45) is 2.06. The van der Waals surface area contributed by atoms with Crippen LogP contribution in [-0.4, -0.2) is 40.8 Å². The highest BCUT2D eigenvalue weighted by Gasteiger charge is 2.51. The molecule has 1 saturated heterocycles. The summed E-state index contributed by atoms with van der Waals surface area (Å²) < 4.78 is 11.5. The van der Waals surface area contributed by atoms with E-state index in [1.165, 1.54) is 5.56 Å². The zero-order valence-electron chi connectivity index (χ0n) is 13.7. The van der Waals surface area contributed by atoms with E-state index >= 15 is 0 Å². The summed E-state index contributed by atoms with van der Waals surface area (Å²) in [5, 5.41) is 4.23. The van der Waals surface area contributed by atoms with Gasteiger partial charge >= 0.3 is 0 Å². The molecule has 1 aromatic carbocycles. The second-order valence-corrected chi connectivity index (χ2v) is 6.85. The minimum atomic E-state index is -0.0878. The van der Waals surface area contributed by atoms with Crippen LogP contribution in [0.2, 0.25) is 0 Å². The van der Waals surface area contributed by atoms with Gasteiger partial charge in [-0.15, -0.1) is 0 Å². The van der Waals surface area contributed by atoms with Crippen LogP contribution in [0.1, 0.15) is 50.1 Å². The second kappa shape index (κ2) is 5.73. The monoisotopic (exact) mass is 313 g/mol. The third-order valence-electron chi connectivity index (χ3n) is 5.04. The Kier molecular flexibility index (Phi) is 3.70. The molecule has 4 rings (SSSR count). The van der Waals surface area contributed by atoms with E-state index in [9.17, 15) is 0 Å². The van der Waals surface area contributed by atoms with Gasteiger partial charge in [0.05, 0.1) is 12.0 Å². The third-order valence-corrected chi connectivity index (χ3v) is 5.04. The summed E-state index contributed by atoms with van der Waals surface area (Å²) in [6.45, 7) is 6.93. The molecule has 122 valence electrons. The topological polar surface area (TPSA) is 51.4 Å². The fraction of sp³-hybridized carbons (Fsp3) is 0.556. The van der Waals surface area contributed by atoms with Gasteiger partial charge in [-0.1, -0.05) is 35.5 Å². The van der Waals surface area contributed by atoms with Gasteiger partial charge in [-0.25, -0.2) is 0 Å². The smallest absolute Gasteiger partial charge is 0.237 e. The van der Waals surface area contributed by atoms with Crippen LogP contribution in [0.5, 0.6) is 0 Å². The summed E-state index contributed by atoms with van der Waals surface area (Å²) in [5.74, 6) is 1.43. The fourth-order valence-electron chi connectivity index (χ4n) is 3.36. The van der Waals surface area contributed by atoms with Crippen molar-refractivity contribution < 1.29 is 9.26 Å². The Morgan fingerprint density at radius 3 is 2.70 bits per heavy atom. The van der Waals surface area contributed by atoms with Gasteiger partial charge in [0, 0.05) is 19.1 Å². The summed E-state index contributed by atoms with van der Waals surface area (Å²) in [7, 11) is 0. The summed E-state index contributed by atoms with van der Waals surface area (Å²) in [5.41, 5.74) is 1.20. The number of aromatic nitrogens is 2. The average molecular weight is 313 g/mol. The second-order valence-electron chi connectivity index (χ2n) is 6.85. The molecule has 5 heteroatoms. The number of hydrogen-bond donors (Lipinski definition) is 0. The Labute approximate surface area is 136 Å². The Morgan fingerprint density at radius 1 is 1.22 bits per heavy atom. The van der Waals surface area contributed by atoms with Gasteiger partial charge in [0.25, 0.3) is 0 Å². The van der Waals surface area contributed by atoms with E-state index in [1.54, 1.807) is 0 Å². The molecule has 5 nitrogen and oxygen atoms in total. The molecule has 2 heterocycles. The SMILES string of the molecule is CC(C)N1CCO[C@@H](c2noc(C3(c4ccccc4)CC3)n2)C1. The normalized spacial score (nSPS) is 24.0. The van der Waals surface area contributed by atoms with Crippen LogP contribution in [0, 0.1) is 0 Å². The van der Waals surface area contributed by atoms with Gasteiger partial charge in [-0.3, -0.25) is 4.90 Å². The first kappa shape index (κ1) is 14.8. The van der Waals surface area contributed by atoms with Crippen LogP contribution in [0.25, 0.3) is 0 Å². The highest BCUT2D eigenvalue weighted by atomic mass is 16.5. The molecule has 1 atom stereocenters. The van der Waals surface area contributed by atoms with Crippen molar-refractivity contribution in [2.24, 2.45) is 0 Å². The predicted octanol–water partition coefficient (Wildman–Crippen LogP) is 2.93. The first-order valence-electron chi connectivity index (χ1n) is 8.44. The molecule has 2 aromatic rings. The van der Waals surface area contributed by atoms with Gasteiger partial charge in [0.1, 0.15) is 6.10 Å². The molecular formula is C18H23N3O2. The quantitative estimate of drug-likeness (QED) is 0.868. The molecule has 0 N–H and O–H groups in total. The van der Waals surface area contributed by atoms with Gasteiger partial charge in [-0.05, 0) is 32.3 Å². The minimum Gasteiger partial charge on any atom is -0.367 e. The lowest BCUT2D eigenvalue weighted by molar-refractivity contribution is -0.0450. The lowest BCUT2D eigenvalue weighted by Gasteiger charge is -2.34. The van der Waals surface area contributed by atoms with Crippen LogP contribution in [0.15, 0.2) is 34.9 Å².